The number of nitriles is 1. The minimum absolute atomic E-state index is 0.0501. The van der Waals surface area contributed by atoms with E-state index in [0.717, 1.165) is 76.6 Å². The normalized spacial score (nSPS) is 19.7. The fourth-order valence-electron chi connectivity index (χ4n) is 6.22. The van der Waals surface area contributed by atoms with Gasteiger partial charge in [-0.1, -0.05) is 32.9 Å². The average Bonchev–Trinajstić information content (AvgIpc) is 3.21. The molecular weight excluding hydrogens is 432 g/mol. The van der Waals surface area contributed by atoms with E-state index >= 15 is 0 Å². The summed E-state index contributed by atoms with van der Waals surface area (Å²) in [5, 5.41) is 10.2. The molecule has 0 spiro atoms. The molecular formula is C30H32N4O. The number of anilines is 1. The maximum atomic E-state index is 13.9. The van der Waals surface area contributed by atoms with Crippen molar-refractivity contribution in [1.29, 1.82) is 5.26 Å². The summed E-state index contributed by atoms with van der Waals surface area (Å²) < 4.78 is 0. The number of rotatable bonds is 3. The zero-order chi connectivity index (χ0) is 24.5. The number of nitrogens with one attached hydrogen (secondary N) is 1. The molecule has 2 aromatic carbocycles. The second-order valence-electron chi connectivity index (χ2n) is 11.0. The fraction of sp³-hybridized carbons (Fsp3) is 0.400. The van der Waals surface area contributed by atoms with E-state index in [1.807, 2.05) is 19.1 Å². The van der Waals surface area contributed by atoms with Crippen LogP contribution in [0.25, 0.3) is 16.5 Å². The molecule has 5 heteroatoms. The molecule has 0 amide bonds. The number of piperazine rings is 1. The fourth-order valence-corrected chi connectivity index (χ4v) is 6.22. The van der Waals surface area contributed by atoms with Gasteiger partial charge in [0, 0.05) is 71.0 Å². The summed E-state index contributed by atoms with van der Waals surface area (Å²) in [5.41, 5.74) is 7.80. The predicted octanol–water partition coefficient (Wildman–Crippen LogP) is 5.62. The SMILES string of the molecule is C=C(C)c1cc2c(cc1N1CCN(C3CCC3)CC1)C(C)(C)c1[nH]c3cc(C#N)ccc3c1C2=O. The summed E-state index contributed by atoms with van der Waals surface area (Å²) in [6.07, 6.45) is 4.05. The van der Waals surface area contributed by atoms with E-state index in [-0.39, 0.29) is 11.2 Å². The van der Waals surface area contributed by atoms with Crippen molar-refractivity contribution in [3.63, 3.8) is 0 Å². The number of hydrogen-bond acceptors (Lipinski definition) is 4. The lowest BCUT2D eigenvalue weighted by Crippen LogP contribution is -2.52. The van der Waals surface area contributed by atoms with Gasteiger partial charge in [0.2, 0.25) is 0 Å². The number of carbonyl (C=O) groups excluding carboxylic acids is 1. The van der Waals surface area contributed by atoms with Gasteiger partial charge in [0.05, 0.1) is 17.2 Å². The van der Waals surface area contributed by atoms with Crippen molar-refractivity contribution in [2.75, 3.05) is 31.1 Å². The topological polar surface area (TPSA) is 63.1 Å². The van der Waals surface area contributed by atoms with Crippen molar-refractivity contribution >= 4 is 27.9 Å². The Hall–Kier alpha value is -3.36. The third kappa shape index (κ3) is 3.27. The standard InChI is InChI=1S/C30H32N4O/c1-18(2)22-15-23-24(16-26(22)34-12-10-33(11-13-34)20-6-5-7-20)30(3,4)29-27(28(23)35)21-9-8-19(17-31)14-25(21)32-29/h8-9,14-16,20,32H,1,5-7,10-13H2,2-4H3. The van der Waals surface area contributed by atoms with Gasteiger partial charge >= 0.3 is 0 Å². The zero-order valence-corrected chi connectivity index (χ0v) is 20.9. The summed E-state index contributed by atoms with van der Waals surface area (Å²) in [5.74, 6) is 0.0501. The molecule has 178 valence electrons. The molecule has 3 aliphatic rings. The van der Waals surface area contributed by atoms with Crippen molar-refractivity contribution in [3.05, 3.63) is 70.4 Å². The number of ketones is 1. The number of H-pyrrole nitrogens is 1. The first-order chi connectivity index (χ1) is 16.8. The van der Waals surface area contributed by atoms with E-state index in [4.69, 9.17) is 0 Å². The van der Waals surface area contributed by atoms with Crippen LogP contribution in [0, 0.1) is 11.3 Å². The molecule has 0 atom stereocenters. The molecule has 1 saturated heterocycles. The van der Waals surface area contributed by atoms with Crippen molar-refractivity contribution in [2.24, 2.45) is 0 Å². The second-order valence-corrected chi connectivity index (χ2v) is 11.0. The van der Waals surface area contributed by atoms with Crippen LogP contribution < -0.4 is 4.90 Å². The Kier molecular flexibility index (Phi) is 4.95. The van der Waals surface area contributed by atoms with Crippen LogP contribution in [0.2, 0.25) is 0 Å². The molecule has 2 heterocycles. The van der Waals surface area contributed by atoms with Crippen LogP contribution in [0.15, 0.2) is 36.9 Å². The smallest absolute Gasteiger partial charge is 0.195 e. The van der Waals surface area contributed by atoms with Crippen molar-refractivity contribution in [2.45, 2.75) is 51.5 Å². The van der Waals surface area contributed by atoms with Gasteiger partial charge in [-0.15, -0.1) is 0 Å². The number of aromatic amines is 1. The summed E-state index contributed by atoms with van der Waals surface area (Å²) in [7, 11) is 0. The van der Waals surface area contributed by atoms with Crippen molar-refractivity contribution < 1.29 is 4.79 Å². The summed E-state index contributed by atoms with van der Waals surface area (Å²) in [6, 6.07) is 12.9. The van der Waals surface area contributed by atoms with Crippen molar-refractivity contribution in [3.8, 4) is 6.07 Å². The number of hydrogen-bond donors (Lipinski definition) is 1. The molecule has 1 N–H and O–H groups in total. The quantitative estimate of drug-likeness (QED) is 0.547. The molecule has 0 unspecified atom stereocenters. The molecule has 0 radical (unpaired) electrons. The first kappa shape index (κ1) is 22.1. The zero-order valence-electron chi connectivity index (χ0n) is 20.9. The molecule has 35 heavy (non-hydrogen) atoms. The highest BCUT2D eigenvalue weighted by Gasteiger charge is 2.41. The van der Waals surface area contributed by atoms with Gasteiger partial charge in [-0.3, -0.25) is 9.69 Å². The molecule has 1 aliphatic heterocycles. The number of fused-ring (bicyclic) bond motifs is 4. The number of benzene rings is 2. The summed E-state index contributed by atoms with van der Waals surface area (Å²) >= 11 is 0. The number of allylic oxidation sites excluding steroid dienone is 1. The second kappa shape index (κ2) is 7.83. The highest BCUT2D eigenvalue weighted by atomic mass is 16.1. The minimum Gasteiger partial charge on any atom is -0.368 e. The van der Waals surface area contributed by atoms with Crippen LogP contribution in [0.3, 0.4) is 0 Å². The highest BCUT2D eigenvalue weighted by molar-refractivity contribution is 6.20. The van der Waals surface area contributed by atoms with Gasteiger partial charge < -0.3 is 9.88 Å². The minimum atomic E-state index is -0.374. The van der Waals surface area contributed by atoms with Gasteiger partial charge in [-0.25, -0.2) is 0 Å². The van der Waals surface area contributed by atoms with Crippen LogP contribution >= 0.6 is 0 Å². The molecule has 1 saturated carbocycles. The maximum Gasteiger partial charge on any atom is 0.195 e. The van der Waals surface area contributed by atoms with Crippen LogP contribution in [0.1, 0.15) is 78.3 Å². The largest absolute Gasteiger partial charge is 0.368 e. The number of nitrogens with zero attached hydrogens (tertiary/aromatic N) is 3. The number of aromatic nitrogens is 1. The van der Waals surface area contributed by atoms with E-state index < -0.39 is 0 Å². The lowest BCUT2D eigenvalue weighted by atomic mass is 9.70. The third-order valence-electron chi connectivity index (χ3n) is 8.54. The Morgan fingerprint density at radius 3 is 2.51 bits per heavy atom. The molecule has 2 aliphatic carbocycles. The highest BCUT2D eigenvalue weighted by Crippen LogP contribution is 2.46. The number of carbonyl (C=O) groups is 1. The monoisotopic (exact) mass is 464 g/mol. The summed E-state index contributed by atoms with van der Waals surface area (Å²) in [6.45, 7) is 14.9. The predicted molar refractivity (Wildman–Crippen MR) is 141 cm³/mol. The third-order valence-corrected chi connectivity index (χ3v) is 8.54. The Labute approximate surface area is 207 Å². The van der Waals surface area contributed by atoms with Crippen LogP contribution in [-0.2, 0) is 5.41 Å². The molecule has 2 fully saturated rings. The Morgan fingerprint density at radius 2 is 1.89 bits per heavy atom. The van der Waals surface area contributed by atoms with Gasteiger partial charge in [0.15, 0.2) is 5.78 Å². The molecule has 3 aromatic rings. The molecule has 0 bridgehead atoms. The maximum absolute atomic E-state index is 13.9. The van der Waals surface area contributed by atoms with Crippen LogP contribution in [0.5, 0.6) is 0 Å². The van der Waals surface area contributed by atoms with Gasteiger partial charge in [0.25, 0.3) is 0 Å². The van der Waals surface area contributed by atoms with Gasteiger partial charge in [-0.05, 0) is 55.2 Å². The average molecular weight is 465 g/mol. The van der Waals surface area contributed by atoms with E-state index in [2.05, 4.69) is 53.4 Å². The Morgan fingerprint density at radius 1 is 1.14 bits per heavy atom. The van der Waals surface area contributed by atoms with Gasteiger partial charge in [-0.2, -0.15) is 5.26 Å². The Bertz CT molecular complexity index is 1420. The van der Waals surface area contributed by atoms with E-state index in [9.17, 15) is 10.1 Å². The van der Waals surface area contributed by atoms with Gasteiger partial charge in [0.1, 0.15) is 0 Å². The molecule has 1 aromatic heterocycles. The van der Waals surface area contributed by atoms with E-state index in [0.29, 0.717) is 5.56 Å². The summed E-state index contributed by atoms with van der Waals surface area (Å²) in [4.78, 5) is 22.6. The van der Waals surface area contributed by atoms with E-state index in [1.165, 1.54) is 24.9 Å². The first-order valence-corrected chi connectivity index (χ1v) is 12.7. The molecule has 5 nitrogen and oxygen atoms in total. The first-order valence-electron chi connectivity index (χ1n) is 12.7. The Balaban J connectivity index is 1.45. The van der Waals surface area contributed by atoms with Crippen molar-refractivity contribution in [1.82, 2.24) is 9.88 Å². The lowest BCUT2D eigenvalue weighted by molar-refractivity contribution is 0.103. The van der Waals surface area contributed by atoms with Crippen LogP contribution in [-0.4, -0.2) is 47.9 Å². The lowest BCUT2D eigenvalue weighted by Gasteiger charge is -2.44. The molecule has 6 rings (SSSR count). The van der Waals surface area contributed by atoms with E-state index in [1.54, 1.807) is 6.07 Å². The van der Waals surface area contributed by atoms with Crippen LogP contribution in [0.4, 0.5) is 5.69 Å².